The molecule has 0 saturated carbocycles. The monoisotopic (exact) mass is 345 g/mol. The van der Waals surface area contributed by atoms with Gasteiger partial charge in [-0.25, -0.2) is 4.39 Å². The molecule has 0 spiro atoms. The van der Waals surface area contributed by atoms with Crippen LogP contribution in [0.4, 0.5) is 9.52 Å². The second-order valence-electron chi connectivity index (χ2n) is 4.94. The van der Waals surface area contributed by atoms with Crippen LogP contribution in [-0.2, 0) is 13.0 Å². The van der Waals surface area contributed by atoms with Gasteiger partial charge in [0, 0.05) is 12.3 Å². The van der Waals surface area contributed by atoms with Crippen molar-refractivity contribution in [3.63, 3.8) is 0 Å². The summed E-state index contributed by atoms with van der Waals surface area (Å²) >= 11 is 3.26. The molecule has 3 rings (SSSR count). The summed E-state index contributed by atoms with van der Waals surface area (Å²) in [6.45, 7) is 0.615. The zero-order valence-corrected chi connectivity index (χ0v) is 14.0. The minimum atomic E-state index is -0.221. The molecule has 6 heteroatoms. The van der Waals surface area contributed by atoms with E-state index < -0.39 is 0 Å². The van der Waals surface area contributed by atoms with Crippen LogP contribution in [0.25, 0.3) is 0 Å². The van der Waals surface area contributed by atoms with Gasteiger partial charge in [0.1, 0.15) is 5.82 Å². The molecule has 0 aliphatic rings. The minimum absolute atomic E-state index is 0.221. The third-order valence-corrected chi connectivity index (χ3v) is 5.24. The highest BCUT2D eigenvalue weighted by atomic mass is 32.2. The van der Waals surface area contributed by atoms with Gasteiger partial charge in [-0.1, -0.05) is 65.6 Å². The van der Waals surface area contributed by atoms with Crippen LogP contribution in [0.5, 0.6) is 0 Å². The van der Waals surface area contributed by atoms with Crippen LogP contribution >= 0.6 is 23.1 Å². The maximum Gasteiger partial charge on any atom is 0.206 e. The van der Waals surface area contributed by atoms with Crippen LogP contribution in [0.15, 0.2) is 58.9 Å². The summed E-state index contributed by atoms with van der Waals surface area (Å²) in [6.07, 6.45) is 1.02. The van der Waals surface area contributed by atoms with E-state index in [1.807, 2.05) is 6.07 Å². The van der Waals surface area contributed by atoms with E-state index in [2.05, 4.69) is 39.8 Å². The number of halogens is 1. The molecule has 2 aromatic carbocycles. The molecule has 1 heterocycles. The molecule has 0 fully saturated rings. The first kappa shape index (κ1) is 16.0. The molecule has 0 amide bonds. The Labute approximate surface area is 143 Å². The van der Waals surface area contributed by atoms with Crippen molar-refractivity contribution in [2.75, 3.05) is 11.1 Å². The standard InChI is InChI=1S/C17H16FN3S2/c18-15-8-6-14(7-9-15)12-19-16-20-21-17(23-16)22-11-10-13-4-2-1-3-5-13/h1-9H,10-12H2,(H,19,20). The lowest BCUT2D eigenvalue weighted by molar-refractivity contribution is 0.627. The van der Waals surface area contributed by atoms with E-state index in [1.54, 1.807) is 35.2 Å². The number of hydrogen-bond donors (Lipinski definition) is 1. The number of nitrogens with zero attached hydrogens (tertiary/aromatic N) is 2. The van der Waals surface area contributed by atoms with Gasteiger partial charge in [0.15, 0.2) is 4.34 Å². The van der Waals surface area contributed by atoms with Crippen molar-refractivity contribution in [3.8, 4) is 0 Å². The van der Waals surface area contributed by atoms with Gasteiger partial charge in [-0.2, -0.15) is 0 Å². The number of aryl methyl sites for hydroxylation is 1. The number of nitrogens with one attached hydrogen (secondary N) is 1. The van der Waals surface area contributed by atoms with Crippen molar-refractivity contribution >= 4 is 28.2 Å². The van der Waals surface area contributed by atoms with E-state index in [9.17, 15) is 4.39 Å². The molecule has 3 nitrogen and oxygen atoms in total. The molecule has 0 atom stereocenters. The smallest absolute Gasteiger partial charge is 0.206 e. The van der Waals surface area contributed by atoms with Crippen molar-refractivity contribution in [2.24, 2.45) is 0 Å². The molecule has 1 aromatic heterocycles. The number of anilines is 1. The number of rotatable bonds is 7. The fourth-order valence-corrected chi connectivity index (χ4v) is 3.83. The van der Waals surface area contributed by atoms with Gasteiger partial charge < -0.3 is 5.32 Å². The lowest BCUT2D eigenvalue weighted by Gasteiger charge is -2.01. The molecular formula is C17H16FN3S2. The lowest BCUT2D eigenvalue weighted by Crippen LogP contribution is -1.98. The van der Waals surface area contributed by atoms with Crippen LogP contribution in [0.1, 0.15) is 11.1 Å². The normalized spacial score (nSPS) is 10.7. The summed E-state index contributed by atoms with van der Waals surface area (Å²) in [4.78, 5) is 0. The molecule has 3 aromatic rings. The van der Waals surface area contributed by atoms with Gasteiger partial charge in [0.2, 0.25) is 5.13 Å². The number of aromatic nitrogens is 2. The molecule has 0 unspecified atom stereocenters. The largest absolute Gasteiger partial charge is 0.356 e. The van der Waals surface area contributed by atoms with Crippen LogP contribution in [-0.4, -0.2) is 16.0 Å². The molecule has 0 bridgehead atoms. The maximum atomic E-state index is 12.9. The molecule has 1 N–H and O–H groups in total. The van der Waals surface area contributed by atoms with Crippen LogP contribution < -0.4 is 5.32 Å². The summed E-state index contributed by atoms with van der Waals surface area (Å²) in [5, 5.41) is 12.3. The lowest BCUT2D eigenvalue weighted by atomic mass is 10.2. The highest BCUT2D eigenvalue weighted by molar-refractivity contribution is 8.01. The summed E-state index contributed by atoms with van der Waals surface area (Å²) in [7, 11) is 0. The van der Waals surface area contributed by atoms with Crippen molar-refractivity contribution in [2.45, 2.75) is 17.3 Å². The van der Waals surface area contributed by atoms with E-state index in [0.717, 1.165) is 27.2 Å². The Bertz CT molecular complexity index is 729. The Morgan fingerprint density at radius 3 is 2.52 bits per heavy atom. The summed E-state index contributed by atoms with van der Waals surface area (Å²) in [5.74, 6) is 0.762. The van der Waals surface area contributed by atoms with Crippen molar-refractivity contribution in [3.05, 3.63) is 71.5 Å². The first-order chi connectivity index (χ1) is 11.3. The van der Waals surface area contributed by atoms with E-state index in [1.165, 1.54) is 17.7 Å². The predicted octanol–water partition coefficient (Wildman–Crippen LogP) is 4.62. The van der Waals surface area contributed by atoms with Crippen molar-refractivity contribution in [1.29, 1.82) is 0 Å². The SMILES string of the molecule is Fc1ccc(CNc2nnc(SCCc3ccccc3)s2)cc1. The van der Waals surface area contributed by atoms with Gasteiger partial charge in [-0.3, -0.25) is 0 Å². The molecule has 118 valence electrons. The second-order valence-corrected chi connectivity index (χ2v) is 7.26. The fourth-order valence-electron chi connectivity index (χ4n) is 2.02. The van der Waals surface area contributed by atoms with Crippen molar-refractivity contribution < 1.29 is 4.39 Å². The average Bonchev–Trinajstić information content (AvgIpc) is 3.03. The van der Waals surface area contributed by atoms with Gasteiger partial charge in [0.25, 0.3) is 0 Å². The Hall–Kier alpha value is -1.92. The van der Waals surface area contributed by atoms with E-state index >= 15 is 0 Å². The van der Waals surface area contributed by atoms with E-state index in [4.69, 9.17) is 0 Å². The number of thioether (sulfide) groups is 1. The maximum absolute atomic E-state index is 12.9. The average molecular weight is 345 g/mol. The molecule has 23 heavy (non-hydrogen) atoms. The summed E-state index contributed by atoms with van der Waals surface area (Å²) < 4.78 is 13.8. The zero-order valence-electron chi connectivity index (χ0n) is 12.4. The Kier molecular flexibility index (Phi) is 5.60. The quantitative estimate of drug-likeness (QED) is 0.634. The van der Waals surface area contributed by atoms with Gasteiger partial charge >= 0.3 is 0 Å². The summed E-state index contributed by atoms with van der Waals surface area (Å²) in [5.41, 5.74) is 2.35. The zero-order chi connectivity index (χ0) is 15.9. The van der Waals surface area contributed by atoms with Gasteiger partial charge in [0.05, 0.1) is 0 Å². The van der Waals surface area contributed by atoms with Crippen molar-refractivity contribution in [1.82, 2.24) is 10.2 Å². The fraction of sp³-hybridized carbons (Fsp3) is 0.176. The highest BCUT2D eigenvalue weighted by Gasteiger charge is 2.05. The first-order valence-electron chi connectivity index (χ1n) is 7.28. The van der Waals surface area contributed by atoms with Crippen LogP contribution in [0, 0.1) is 5.82 Å². The molecule has 0 radical (unpaired) electrons. The Morgan fingerprint density at radius 2 is 1.74 bits per heavy atom. The third-order valence-electron chi connectivity index (χ3n) is 3.22. The number of benzene rings is 2. The number of hydrogen-bond acceptors (Lipinski definition) is 5. The topological polar surface area (TPSA) is 37.8 Å². The minimum Gasteiger partial charge on any atom is -0.356 e. The highest BCUT2D eigenvalue weighted by Crippen LogP contribution is 2.26. The van der Waals surface area contributed by atoms with Gasteiger partial charge in [-0.05, 0) is 29.7 Å². The molecule has 0 saturated heterocycles. The third kappa shape index (κ3) is 5.04. The Morgan fingerprint density at radius 1 is 0.957 bits per heavy atom. The van der Waals surface area contributed by atoms with Gasteiger partial charge in [-0.15, -0.1) is 10.2 Å². The predicted molar refractivity (Wildman–Crippen MR) is 94.5 cm³/mol. The molecule has 0 aliphatic carbocycles. The van der Waals surface area contributed by atoms with E-state index in [-0.39, 0.29) is 5.82 Å². The second kappa shape index (κ2) is 8.08. The molecule has 0 aliphatic heterocycles. The van der Waals surface area contributed by atoms with Crippen LogP contribution in [0.3, 0.4) is 0 Å². The van der Waals surface area contributed by atoms with Crippen LogP contribution in [0.2, 0.25) is 0 Å². The molecular weight excluding hydrogens is 329 g/mol. The Balaban J connectivity index is 1.45. The summed E-state index contributed by atoms with van der Waals surface area (Å²) in [6, 6.07) is 16.9. The first-order valence-corrected chi connectivity index (χ1v) is 9.08. The van der Waals surface area contributed by atoms with E-state index in [0.29, 0.717) is 6.54 Å².